The first-order valence-electron chi connectivity index (χ1n) is 8.51. The largest absolute Gasteiger partial charge is 0.337 e. The third-order valence-corrected chi connectivity index (χ3v) is 5.79. The number of benzene rings is 1. The molecule has 0 radical (unpaired) electrons. The van der Waals surface area contributed by atoms with Crippen molar-refractivity contribution in [3.05, 3.63) is 48.5 Å². The molecular formula is C19H26N2S. The predicted molar refractivity (Wildman–Crippen MR) is 94.3 cm³/mol. The molecule has 1 atom stereocenters. The van der Waals surface area contributed by atoms with E-state index in [2.05, 4.69) is 52.5 Å². The van der Waals surface area contributed by atoms with Crippen molar-refractivity contribution in [3.63, 3.8) is 0 Å². The van der Waals surface area contributed by atoms with Gasteiger partial charge in [-0.1, -0.05) is 38.3 Å². The molecule has 1 unspecified atom stereocenters. The molecular weight excluding hydrogens is 288 g/mol. The lowest BCUT2D eigenvalue weighted by Gasteiger charge is -2.21. The highest BCUT2D eigenvalue weighted by molar-refractivity contribution is 8.00. The summed E-state index contributed by atoms with van der Waals surface area (Å²) in [5.41, 5.74) is 1.45. The second kappa shape index (κ2) is 7.87. The molecule has 3 rings (SSSR count). The van der Waals surface area contributed by atoms with E-state index >= 15 is 0 Å². The average molecular weight is 314 g/mol. The first-order chi connectivity index (χ1) is 10.8. The van der Waals surface area contributed by atoms with Crippen molar-refractivity contribution in [2.24, 2.45) is 5.92 Å². The Morgan fingerprint density at radius 2 is 1.95 bits per heavy atom. The molecule has 0 N–H and O–H groups in total. The molecule has 2 aromatic rings. The topological polar surface area (TPSA) is 17.8 Å². The highest BCUT2D eigenvalue weighted by Gasteiger charge is 2.14. The number of nitrogens with zero attached hydrogens (tertiary/aromatic N) is 2. The molecule has 1 aromatic heterocycles. The van der Waals surface area contributed by atoms with E-state index in [9.17, 15) is 0 Å². The molecule has 0 aliphatic heterocycles. The predicted octanol–water partition coefficient (Wildman–Crippen LogP) is 5.19. The molecule has 0 amide bonds. The van der Waals surface area contributed by atoms with Crippen LogP contribution in [0.15, 0.2) is 47.9 Å². The average Bonchev–Trinajstić information content (AvgIpc) is 3.03. The molecule has 1 aliphatic rings. The zero-order valence-electron chi connectivity index (χ0n) is 13.4. The van der Waals surface area contributed by atoms with E-state index in [1.54, 1.807) is 0 Å². The summed E-state index contributed by atoms with van der Waals surface area (Å²) < 4.78 is 2.16. The molecule has 2 nitrogen and oxygen atoms in total. The van der Waals surface area contributed by atoms with Crippen LogP contribution >= 0.6 is 11.8 Å². The van der Waals surface area contributed by atoms with E-state index in [-0.39, 0.29) is 0 Å². The summed E-state index contributed by atoms with van der Waals surface area (Å²) in [6.45, 7) is 3.35. The lowest BCUT2D eigenvalue weighted by Crippen LogP contribution is -2.09. The van der Waals surface area contributed by atoms with Gasteiger partial charge >= 0.3 is 0 Å². The van der Waals surface area contributed by atoms with Crippen molar-refractivity contribution in [2.75, 3.05) is 0 Å². The van der Waals surface area contributed by atoms with Gasteiger partial charge in [-0.05, 0) is 42.9 Å². The van der Waals surface area contributed by atoms with Gasteiger partial charge in [-0.25, -0.2) is 4.98 Å². The van der Waals surface area contributed by atoms with Crippen molar-refractivity contribution in [1.29, 1.82) is 0 Å². The number of aromatic nitrogens is 2. The molecule has 3 heteroatoms. The zero-order chi connectivity index (χ0) is 15.2. The SMILES string of the molecule is CC(Cc1ccc(SC2CCCCC2)cc1)Cn1ccnc1. The van der Waals surface area contributed by atoms with Gasteiger partial charge in [0.25, 0.3) is 0 Å². The second-order valence-electron chi connectivity index (χ2n) is 6.59. The van der Waals surface area contributed by atoms with E-state index in [0.29, 0.717) is 5.92 Å². The minimum atomic E-state index is 0.631. The van der Waals surface area contributed by atoms with Crippen molar-refractivity contribution in [2.45, 2.75) is 62.1 Å². The standard InChI is InChI=1S/C19H26N2S/c1-16(14-21-12-11-20-15-21)13-17-7-9-19(10-8-17)22-18-5-3-2-4-6-18/h7-12,15-16,18H,2-6,13-14H2,1H3. The minimum absolute atomic E-state index is 0.631. The summed E-state index contributed by atoms with van der Waals surface area (Å²) in [6, 6.07) is 9.27. The summed E-state index contributed by atoms with van der Waals surface area (Å²) in [6.07, 6.45) is 14.0. The van der Waals surface area contributed by atoms with Gasteiger partial charge in [-0.3, -0.25) is 0 Å². The molecule has 0 saturated heterocycles. The number of thioether (sulfide) groups is 1. The Morgan fingerprint density at radius 3 is 2.64 bits per heavy atom. The Hall–Kier alpha value is -1.22. The monoisotopic (exact) mass is 314 g/mol. The number of hydrogen-bond donors (Lipinski definition) is 0. The summed E-state index contributed by atoms with van der Waals surface area (Å²) in [5.74, 6) is 0.631. The molecule has 0 spiro atoms. The third-order valence-electron chi connectivity index (χ3n) is 4.44. The summed E-state index contributed by atoms with van der Waals surface area (Å²) in [5, 5.41) is 0.847. The van der Waals surface area contributed by atoms with Crippen molar-refractivity contribution >= 4 is 11.8 Å². The maximum absolute atomic E-state index is 4.11. The molecule has 0 bridgehead atoms. The Bertz CT molecular complexity index is 541. The smallest absolute Gasteiger partial charge is 0.0945 e. The second-order valence-corrected chi connectivity index (χ2v) is 7.96. The van der Waals surface area contributed by atoms with Crippen molar-refractivity contribution in [3.8, 4) is 0 Å². The molecule has 1 aromatic carbocycles. The molecule has 1 fully saturated rings. The summed E-state index contributed by atoms with van der Waals surface area (Å²) >= 11 is 2.08. The number of hydrogen-bond acceptors (Lipinski definition) is 2. The fourth-order valence-corrected chi connectivity index (χ4v) is 4.55. The van der Waals surface area contributed by atoms with Crippen LogP contribution in [0, 0.1) is 5.92 Å². The Labute approximate surface area is 138 Å². The van der Waals surface area contributed by atoms with Crippen LogP contribution in [0.3, 0.4) is 0 Å². The van der Waals surface area contributed by atoms with Crippen LogP contribution in [0.25, 0.3) is 0 Å². The first-order valence-corrected chi connectivity index (χ1v) is 9.39. The molecule has 1 saturated carbocycles. The maximum atomic E-state index is 4.11. The van der Waals surface area contributed by atoms with Crippen LogP contribution in [-0.4, -0.2) is 14.8 Å². The van der Waals surface area contributed by atoms with Gasteiger partial charge in [0.05, 0.1) is 6.33 Å². The Kier molecular flexibility index (Phi) is 5.60. The molecule has 22 heavy (non-hydrogen) atoms. The normalized spacial score (nSPS) is 17.5. The van der Waals surface area contributed by atoms with Gasteiger partial charge in [0.15, 0.2) is 0 Å². The van der Waals surface area contributed by atoms with Crippen LogP contribution in [-0.2, 0) is 13.0 Å². The van der Waals surface area contributed by atoms with Crippen molar-refractivity contribution < 1.29 is 0 Å². The van der Waals surface area contributed by atoms with Gasteiger partial charge in [0.1, 0.15) is 0 Å². The van der Waals surface area contributed by atoms with Crippen LogP contribution in [0.4, 0.5) is 0 Å². The number of rotatable bonds is 6. The molecule has 118 valence electrons. The van der Waals surface area contributed by atoms with Crippen LogP contribution in [0.2, 0.25) is 0 Å². The van der Waals surface area contributed by atoms with E-state index in [1.165, 1.54) is 42.6 Å². The summed E-state index contributed by atoms with van der Waals surface area (Å²) in [7, 11) is 0. The maximum Gasteiger partial charge on any atom is 0.0945 e. The highest BCUT2D eigenvalue weighted by atomic mass is 32.2. The molecule has 1 aliphatic carbocycles. The third kappa shape index (κ3) is 4.64. The van der Waals surface area contributed by atoms with Gasteiger partial charge < -0.3 is 4.57 Å². The van der Waals surface area contributed by atoms with Crippen LogP contribution in [0.1, 0.15) is 44.6 Å². The summed E-state index contributed by atoms with van der Waals surface area (Å²) in [4.78, 5) is 5.55. The van der Waals surface area contributed by atoms with E-state index in [1.807, 2.05) is 18.7 Å². The Morgan fingerprint density at radius 1 is 1.18 bits per heavy atom. The fraction of sp³-hybridized carbons (Fsp3) is 0.526. The Balaban J connectivity index is 1.50. The van der Waals surface area contributed by atoms with Crippen molar-refractivity contribution in [1.82, 2.24) is 9.55 Å². The molecule has 1 heterocycles. The quantitative estimate of drug-likeness (QED) is 0.730. The van der Waals surface area contributed by atoms with Crippen LogP contribution < -0.4 is 0 Å². The highest BCUT2D eigenvalue weighted by Crippen LogP contribution is 2.33. The lowest BCUT2D eigenvalue weighted by molar-refractivity contribution is 0.479. The van der Waals surface area contributed by atoms with Gasteiger partial charge in [-0.15, -0.1) is 11.8 Å². The van der Waals surface area contributed by atoms with Gasteiger partial charge in [-0.2, -0.15) is 0 Å². The fourth-order valence-electron chi connectivity index (χ4n) is 3.30. The van der Waals surface area contributed by atoms with E-state index in [4.69, 9.17) is 0 Å². The van der Waals surface area contributed by atoms with E-state index < -0.39 is 0 Å². The zero-order valence-corrected chi connectivity index (χ0v) is 14.3. The van der Waals surface area contributed by atoms with Crippen LogP contribution in [0.5, 0.6) is 0 Å². The first kappa shape index (κ1) is 15.7. The van der Waals surface area contributed by atoms with Gasteiger partial charge in [0, 0.05) is 29.1 Å². The lowest BCUT2D eigenvalue weighted by atomic mass is 10.0. The van der Waals surface area contributed by atoms with E-state index in [0.717, 1.165) is 18.2 Å². The van der Waals surface area contributed by atoms with Gasteiger partial charge in [0.2, 0.25) is 0 Å². The number of imidazole rings is 1. The minimum Gasteiger partial charge on any atom is -0.337 e.